The van der Waals surface area contributed by atoms with E-state index in [9.17, 15) is 14.0 Å². The summed E-state index contributed by atoms with van der Waals surface area (Å²) in [5.41, 5.74) is 8.28. The Balaban J connectivity index is 1.03. The van der Waals surface area contributed by atoms with Crippen molar-refractivity contribution in [2.24, 2.45) is 11.8 Å². The number of carbonyl (C=O) groups excluding carboxylic acids is 2. The molecular weight excluding hydrogens is 527 g/mol. The topological polar surface area (TPSA) is 115 Å². The number of nitrogens with two attached hydrogens (primary N) is 1. The van der Waals surface area contributed by atoms with Crippen molar-refractivity contribution in [1.82, 2.24) is 24.9 Å². The minimum Gasteiger partial charge on any atom is -0.444 e. The first-order chi connectivity index (χ1) is 19.9. The Kier molecular flexibility index (Phi) is 7.89. The molecule has 0 radical (unpaired) electrons. The number of nitrogen functional groups attached to an aromatic ring is 1. The highest BCUT2D eigenvalue weighted by molar-refractivity contribution is 5.98. The summed E-state index contributed by atoms with van der Waals surface area (Å²) in [5.74, 6) is 0.526. The van der Waals surface area contributed by atoms with Crippen LogP contribution in [0.4, 0.5) is 15.0 Å². The van der Waals surface area contributed by atoms with Gasteiger partial charge in [0, 0.05) is 39.1 Å². The Labute approximate surface area is 238 Å². The van der Waals surface area contributed by atoms with Crippen LogP contribution in [0.2, 0.25) is 0 Å². The largest absolute Gasteiger partial charge is 0.444 e. The van der Waals surface area contributed by atoms with Crippen molar-refractivity contribution in [1.29, 1.82) is 0 Å². The van der Waals surface area contributed by atoms with Gasteiger partial charge in [-0.2, -0.15) is 5.10 Å². The number of nitrogens with zero attached hydrogens (tertiary/aromatic N) is 4. The smallest absolute Gasteiger partial charge is 0.407 e. The van der Waals surface area contributed by atoms with Crippen molar-refractivity contribution in [2.75, 3.05) is 51.7 Å². The van der Waals surface area contributed by atoms with Gasteiger partial charge in [-0.25, -0.2) is 13.9 Å². The average Bonchev–Trinajstić information content (AvgIpc) is 3.77. The molecule has 6 rings (SSSR count). The van der Waals surface area contributed by atoms with Crippen LogP contribution in [0, 0.1) is 17.7 Å². The second-order valence-electron chi connectivity index (χ2n) is 11.1. The molecule has 1 aromatic heterocycles. The van der Waals surface area contributed by atoms with Crippen LogP contribution in [-0.2, 0) is 9.47 Å². The molecule has 216 valence electrons. The molecule has 41 heavy (non-hydrogen) atoms. The van der Waals surface area contributed by atoms with E-state index in [0.717, 1.165) is 38.0 Å². The molecule has 3 aromatic rings. The van der Waals surface area contributed by atoms with Gasteiger partial charge in [-0.15, -0.1) is 0 Å². The minimum absolute atomic E-state index is 0.128. The Morgan fingerprint density at radius 1 is 1.07 bits per heavy atom. The fourth-order valence-electron chi connectivity index (χ4n) is 6.17. The van der Waals surface area contributed by atoms with Crippen LogP contribution in [0.25, 0.3) is 5.69 Å². The van der Waals surface area contributed by atoms with E-state index in [2.05, 4.69) is 15.3 Å². The Hall–Kier alpha value is -3.96. The van der Waals surface area contributed by atoms with E-state index < -0.39 is 6.09 Å². The highest BCUT2D eigenvalue weighted by atomic mass is 19.1. The van der Waals surface area contributed by atoms with Crippen molar-refractivity contribution in [2.45, 2.75) is 25.0 Å². The van der Waals surface area contributed by atoms with Gasteiger partial charge in [0.25, 0.3) is 5.91 Å². The van der Waals surface area contributed by atoms with E-state index >= 15 is 0 Å². The Morgan fingerprint density at radius 3 is 2.49 bits per heavy atom. The zero-order valence-corrected chi connectivity index (χ0v) is 22.8. The van der Waals surface area contributed by atoms with Crippen molar-refractivity contribution in [3.8, 4) is 5.69 Å². The predicted octanol–water partition coefficient (Wildman–Crippen LogP) is 3.24. The van der Waals surface area contributed by atoms with Gasteiger partial charge in [-0.3, -0.25) is 4.79 Å². The maximum absolute atomic E-state index is 13.3. The molecule has 0 spiro atoms. The van der Waals surface area contributed by atoms with Crippen LogP contribution in [0.15, 0.2) is 60.8 Å². The number of anilines is 1. The number of rotatable bonds is 8. The van der Waals surface area contributed by atoms with E-state index in [1.165, 1.54) is 23.0 Å². The molecule has 3 saturated heterocycles. The first kappa shape index (κ1) is 27.2. The highest BCUT2D eigenvalue weighted by Gasteiger charge is 2.42. The number of fused-ring (bicyclic) bond motifs is 1. The molecule has 3 aliphatic heterocycles. The minimum atomic E-state index is -0.413. The molecule has 11 heteroatoms. The van der Waals surface area contributed by atoms with Crippen LogP contribution >= 0.6 is 0 Å². The summed E-state index contributed by atoms with van der Waals surface area (Å²) in [6, 6.07) is 15.6. The summed E-state index contributed by atoms with van der Waals surface area (Å²) in [7, 11) is 0. The van der Waals surface area contributed by atoms with Crippen LogP contribution in [0.3, 0.4) is 0 Å². The standard InChI is InChI=1S/C30H35FN6O4/c31-23-6-8-24(9-7-23)37-28(32)26(14-33-37)29(38)36-17-21-15-35(16-22(21)18-36)12-10-27(20-4-2-1-3-5-20)34-30(39)41-25-11-13-40-19-25/h1-9,14,21-22,25,27H,10-13,15-19,32H2,(H,34,39)/t21-,22?,25?,27?/m0/s1. The number of ether oxygens (including phenoxy) is 2. The monoisotopic (exact) mass is 562 g/mol. The molecule has 3 fully saturated rings. The number of nitrogens with one attached hydrogen (secondary N) is 1. The number of halogens is 1. The lowest BCUT2D eigenvalue weighted by atomic mass is 10.0. The van der Waals surface area contributed by atoms with Crippen LogP contribution in [0.1, 0.15) is 34.8 Å². The van der Waals surface area contributed by atoms with Gasteiger partial charge in [-0.1, -0.05) is 30.3 Å². The zero-order valence-electron chi connectivity index (χ0n) is 22.8. The second-order valence-corrected chi connectivity index (χ2v) is 11.1. The third-order valence-electron chi connectivity index (χ3n) is 8.35. The molecule has 0 saturated carbocycles. The molecule has 3 N–H and O–H groups in total. The van der Waals surface area contributed by atoms with Gasteiger partial charge in [-0.05, 0) is 48.1 Å². The number of likely N-dealkylation sites (tertiary alicyclic amines) is 2. The summed E-state index contributed by atoms with van der Waals surface area (Å²) in [5, 5.41) is 7.34. The van der Waals surface area contributed by atoms with Crippen LogP contribution in [-0.4, -0.2) is 83.6 Å². The van der Waals surface area contributed by atoms with Gasteiger partial charge >= 0.3 is 6.09 Å². The van der Waals surface area contributed by atoms with Crippen molar-refractivity contribution >= 4 is 17.8 Å². The molecule has 3 aliphatic rings. The molecule has 2 amide bonds. The van der Waals surface area contributed by atoms with E-state index in [-0.39, 0.29) is 29.7 Å². The van der Waals surface area contributed by atoms with Crippen molar-refractivity contribution in [3.63, 3.8) is 0 Å². The Bertz CT molecular complexity index is 1350. The molecule has 4 heterocycles. The number of amides is 2. The lowest BCUT2D eigenvalue weighted by Gasteiger charge is -2.25. The molecule has 3 unspecified atom stereocenters. The van der Waals surface area contributed by atoms with Gasteiger partial charge in [0.1, 0.15) is 23.3 Å². The third kappa shape index (κ3) is 6.06. The Morgan fingerprint density at radius 2 is 1.80 bits per heavy atom. The first-order valence-corrected chi connectivity index (χ1v) is 14.2. The van der Waals surface area contributed by atoms with E-state index in [0.29, 0.717) is 49.4 Å². The summed E-state index contributed by atoms with van der Waals surface area (Å²) in [6.07, 6.45) is 2.36. The highest BCUT2D eigenvalue weighted by Crippen LogP contribution is 2.33. The molecule has 4 atom stereocenters. The zero-order chi connectivity index (χ0) is 28.3. The number of aromatic nitrogens is 2. The van der Waals surface area contributed by atoms with Gasteiger partial charge in [0.2, 0.25) is 0 Å². The van der Waals surface area contributed by atoms with Crippen molar-refractivity contribution in [3.05, 3.63) is 77.7 Å². The molecular formula is C30H35FN6O4. The van der Waals surface area contributed by atoms with E-state index in [1.54, 1.807) is 12.1 Å². The van der Waals surface area contributed by atoms with Crippen molar-refractivity contribution < 1.29 is 23.5 Å². The summed E-state index contributed by atoms with van der Waals surface area (Å²) in [6.45, 7) is 5.00. The number of hydrogen-bond donors (Lipinski definition) is 2. The number of hydrogen-bond acceptors (Lipinski definition) is 7. The fraction of sp³-hybridized carbons (Fsp3) is 0.433. The third-order valence-corrected chi connectivity index (χ3v) is 8.35. The van der Waals surface area contributed by atoms with Gasteiger partial charge < -0.3 is 30.3 Å². The average molecular weight is 563 g/mol. The normalized spacial score (nSPS) is 23.0. The predicted molar refractivity (Wildman–Crippen MR) is 150 cm³/mol. The van der Waals surface area contributed by atoms with Gasteiger partial charge in [0.15, 0.2) is 0 Å². The molecule has 10 nitrogen and oxygen atoms in total. The maximum atomic E-state index is 13.3. The summed E-state index contributed by atoms with van der Waals surface area (Å²) in [4.78, 5) is 30.2. The van der Waals surface area contributed by atoms with E-state index in [1.807, 2.05) is 35.2 Å². The number of carbonyl (C=O) groups is 2. The first-order valence-electron chi connectivity index (χ1n) is 14.2. The fourth-order valence-corrected chi connectivity index (χ4v) is 6.17. The van der Waals surface area contributed by atoms with Gasteiger partial charge in [0.05, 0.1) is 31.1 Å². The van der Waals surface area contributed by atoms with Crippen LogP contribution < -0.4 is 11.1 Å². The molecule has 0 aliphatic carbocycles. The number of benzene rings is 2. The van der Waals surface area contributed by atoms with E-state index in [4.69, 9.17) is 15.2 Å². The second kappa shape index (κ2) is 11.9. The molecule has 0 bridgehead atoms. The quantitative estimate of drug-likeness (QED) is 0.433. The number of alkyl carbamates (subject to hydrolysis) is 1. The molecule has 2 aromatic carbocycles. The summed E-state index contributed by atoms with van der Waals surface area (Å²) >= 11 is 0. The SMILES string of the molecule is Nc1c(C(=O)N2CC3CN(CCC(NC(=O)OC4CCOC4)c4ccccc4)C[C@H]3C2)cnn1-c1ccc(F)cc1. The summed E-state index contributed by atoms with van der Waals surface area (Å²) < 4.78 is 25.6. The maximum Gasteiger partial charge on any atom is 0.407 e. The lowest BCUT2D eigenvalue weighted by molar-refractivity contribution is 0.0774. The van der Waals surface area contributed by atoms with Crippen LogP contribution in [0.5, 0.6) is 0 Å². The lowest BCUT2D eigenvalue weighted by Crippen LogP contribution is -2.36.